The molecule has 0 heterocycles. The van der Waals surface area contributed by atoms with E-state index in [-0.39, 0.29) is 0 Å². The van der Waals surface area contributed by atoms with E-state index in [4.69, 9.17) is 5.41 Å². The minimum Gasteiger partial charge on any atom is -0.308 e. The summed E-state index contributed by atoms with van der Waals surface area (Å²) in [5, 5.41) is 9.24. The van der Waals surface area contributed by atoms with E-state index >= 15 is 0 Å². The zero-order valence-corrected chi connectivity index (χ0v) is 9.56. The van der Waals surface area contributed by atoms with Gasteiger partial charge in [0, 0.05) is 18.6 Å². The van der Waals surface area contributed by atoms with Crippen molar-refractivity contribution in [2.45, 2.75) is 6.42 Å². The lowest BCUT2D eigenvalue weighted by molar-refractivity contribution is 1.36. The number of benzene rings is 1. The summed E-state index contributed by atoms with van der Waals surface area (Å²) in [6.45, 7) is 3.93. The van der Waals surface area contributed by atoms with Crippen molar-refractivity contribution in [2.24, 2.45) is 4.99 Å². The summed E-state index contributed by atoms with van der Waals surface area (Å²) in [6, 6.07) is 7.86. The second-order valence-electron chi connectivity index (χ2n) is 3.84. The Morgan fingerprint density at radius 2 is 2.12 bits per heavy atom. The van der Waals surface area contributed by atoms with Crippen molar-refractivity contribution in [1.82, 2.24) is 0 Å². The van der Waals surface area contributed by atoms with Crippen molar-refractivity contribution in [3.05, 3.63) is 58.0 Å². The normalized spacial score (nSPS) is 16.1. The lowest BCUT2D eigenvalue weighted by atomic mass is 10.2. The summed E-state index contributed by atoms with van der Waals surface area (Å²) in [5.41, 5.74) is 2.02. The molecule has 2 rings (SSSR count). The average molecular weight is 222 g/mol. The van der Waals surface area contributed by atoms with Gasteiger partial charge in [-0.25, -0.2) is 0 Å². The minimum absolute atomic E-state index is 0.830. The van der Waals surface area contributed by atoms with Crippen molar-refractivity contribution in [1.29, 1.82) is 5.41 Å². The molecule has 0 atom stereocenters. The zero-order chi connectivity index (χ0) is 12.1. The highest BCUT2D eigenvalue weighted by atomic mass is 14.7. The van der Waals surface area contributed by atoms with Crippen molar-refractivity contribution in [2.75, 3.05) is 0 Å². The fourth-order valence-electron chi connectivity index (χ4n) is 1.66. The predicted molar refractivity (Wildman–Crippen MR) is 73.7 cm³/mol. The van der Waals surface area contributed by atoms with Crippen molar-refractivity contribution >= 4 is 25.2 Å². The summed E-state index contributed by atoms with van der Waals surface area (Å²) in [7, 11) is 0. The number of hydrogen-bond donors (Lipinski definition) is 1. The first-order valence-electron chi connectivity index (χ1n) is 5.49. The SMILES string of the molecule is C=c1cccc/c1=C\N=CC1=C(C=N)CC=C1. The van der Waals surface area contributed by atoms with E-state index in [2.05, 4.69) is 11.6 Å². The van der Waals surface area contributed by atoms with Gasteiger partial charge in [0.05, 0.1) is 0 Å². The van der Waals surface area contributed by atoms with Crippen LogP contribution in [0.25, 0.3) is 12.8 Å². The molecule has 1 aliphatic rings. The smallest absolute Gasteiger partial charge is 0.0346 e. The van der Waals surface area contributed by atoms with Crippen LogP contribution in [0.2, 0.25) is 0 Å². The summed E-state index contributed by atoms with van der Waals surface area (Å²) in [4.78, 5) is 4.28. The second-order valence-corrected chi connectivity index (χ2v) is 3.84. The quantitative estimate of drug-likeness (QED) is 0.757. The Hall–Kier alpha value is -2.22. The highest BCUT2D eigenvalue weighted by molar-refractivity contribution is 5.95. The van der Waals surface area contributed by atoms with Gasteiger partial charge in [0.25, 0.3) is 0 Å². The summed E-state index contributed by atoms with van der Waals surface area (Å²) >= 11 is 0. The van der Waals surface area contributed by atoms with Gasteiger partial charge < -0.3 is 5.41 Å². The van der Waals surface area contributed by atoms with Crippen LogP contribution in [0.15, 0.2) is 52.6 Å². The maximum absolute atomic E-state index is 7.26. The number of nitrogens with one attached hydrogen (secondary N) is 1. The number of allylic oxidation sites excluding steroid dienone is 4. The summed E-state index contributed by atoms with van der Waals surface area (Å²) in [5.74, 6) is 0. The molecule has 0 aliphatic heterocycles. The predicted octanol–water partition coefficient (Wildman–Crippen LogP) is 1.81. The molecular formula is C15H14N2. The van der Waals surface area contributed by atoms with E-state index in [0.717, 1.165) is 28.0 Å². The lowest BCUT2D eigenvalue weighted by Crippen LogP contribution is -2.21. The van der Waals surface area contributed by atoms with Crippen LogP contribution < -0.4 is 10.4 Å². The Balaban J connectivity index is 2.27. The van der Waals surface area contributed by atoms with Crippen LogP contribution in [0.1, 0.15) is 6.42 Å². The standard InChI is InChI=1S/C15H14N2/c1-12-5-2-3-6-14(12)10-17-11-15-8-4-7-13(15)9-16/h2-6,8-11,16H,1,7H2/b14-10+,16-9?,17-11?. The summed E-state index contributed by atoms with van der Waals surface area (Å²) in [6.07, 6.45) is 9.83. The molecule has 1 aromatic carbocycles. The molecule has 0 unspecified atom stereocenters. The van der Waals surface area contributed by atoms with Gasteiger partial charge in [-0.2, -0.15) is 0 Å². The second kappa shape index (κ2) is 5.21. The van der Waals surface area contributed by atoms with Gasteiger partial charge in [-0.05, 0) is 28.0 Å². The first-order chi connectivity index (χ1) is 8.31. The highest BCUT2D eigenvalue weighted by Crippen LogP contribution is 2.14. The zero-order valence-electron chi connectivity index (χ0n) is 9.56. The van der Waals surface area contributed by atoms with Crippen LogP contribution in [0.3, 0.4) is 0 Å². The van der Waals surface area contributed by atoms with Crippen molar-refractivity contribution in [3.8, 4) is 0 Å². The van der Waals surface area contributed by atoms with Gasteiger partial charge in [-0.1, -0.05) is 43.0 Å². The Morgan fingerprint density at radius 3 is 2.88 bits per heavy atom. The molecule has 2 heteroatoms. The topological polar surface area (TPSA) is 36.2 Å². The third kappa shape index (κ3) is 2.67. The molecule has 0 fully saturated rings. The fourth-order valence-corrected chi connectivity index (χ4v) is 1.66. The molecular weight excluding hydrogens is 208 g/mol. The van der Waals surface area contributed by atoms with Crippen LogP contribution in [0, 0.1) is 5.41 Å². The molecule has 1 aromatic rings. The first-order valence-corrected chi connectivity index (χ1v) is 5.49. The van der Waals surface area contributed by atoms with E-state index in [9.17, 15) is 0 Å². The minimum atomic E-state index is 0.830. The van der Waals surface area contributed by atoms with E-state index in [1.807, 2.05) is 36.4 Å². The Kier molecular flexibility index (Phi) is 3.46. The Morgan fingerprint density at radius 1 is 1.29 bits per heavy atom. The molecule has 17 heavy (non-hydrogen) atoms. The molecule has 0 saturated heterocycles. The molecule has 2 nitrogen and oxygen atoms in total. The van der Waals surface area contributed by atoms with E-state index in [0.29, 0.717) is 0 Å². The van der Waals surface area contributed by atoms with Crippen molar-refractivity contribution < 1.29 is 0 Å². The van der Waals surface area contributed by atoms with Crippen LogP contribution in [-0.2, 0) is 0 Å². The summed E-state index contributed by atoms with van der Waals surface area (Å²) < 4.78 is 0. The van der Waals surface area contributed by atoms with Gasteiger partial charge in [0.15, 0.2) is 0 Å². The lowest BCUT2D eigenvalue weighted by Gasteiger charge is -1.92. The molecule has 84 valence electrons. The molecule has 0 saturated carbocycles. The molecule has 0 spiro atoms. The monoisotopic (exact) mass is 222 g/mol. The molecule has 0 amide bonds. The molecule has 1 N–H and O–H groups in total. The van der Waals surface area contributed by atoms with E-state index < -0.39 is 0 Å². The van der Waals surface area contributed by atoms with Crippen LogP contribution in [0.4, 0.5) is 0 Å². The van der Waals surface area contributed by atoms with Gasteiger partial charge in [0.2, 0.25) is 0 Å². The third-order valence-electron chi connectivity index (χ3n) is 2.66. The third-order valence-corrected chi connectivity index (χ3v) is 2.66. The molecule has 0 radical (unpaired) electrons. The Labute approximate surface area is 101 Å². The number of rotatable bonds is 3. The number of aliphatic imine (C=N–C) groups is 1. The Bertz CT molecular complexity index is 619. The fraction of sp³-hybridized carbons (Fsp3) is 0.0667. The molecule has 0 aromatic heterocycles. The largest absolute Gasteiger partial charge is 0.308 e. The van der Waals surface area contributed by atoms with Gasteiger partial charge in [0.1, 0.15) is 0 Å². The number of hydrogen-bond acceptors (Lipinski definition) is 2. The van der Waals surface area contributed by atoms with Crippen molar-refractivity contribution in [3.63, 3.8) is 0 Å². The maximum Gasteiger partial charge on any atom is 0.0346 e. The number of nitrogens with zero attached hydrogens (tertiary/aromatic N) is 1. The van der Waals surface area contributed by atoms with Gasteiger partial charge in [-0.3, -0.25) is 4.99 Å². The van der Waals surface area contributed by atoms with Crippen LogP contribution >= 0.6 is 0 Å². The molecule has 0 bridgehead atoms. The van der Waals surface area contributed by atoms with E-state index in [1.165, 1.54) is 6.21 Å². The molecule has 1 aliphatic carbocycles. The van der Waals surface area contributed by atoms with Gasteiger partial charge in [-0.15, -0.1) is 0 Å². The van der Waals surface area contributed by atoms with Gasteiger partial charge >= 0.3 is 0 Å². The highest BCUT2D eigenvalue weighted by Gasteiger charge is 2.02. The van der Waals surface area contributed by atoms with E-state index in [1.54, 1.807) is 12.4 Å². The average Bonchev–Trinajstić information content (AvgIpc) is 2.79. The van der Waals surface area contributed by atoms with Crippen LogP contribution in [-0.4, -0.2) is 12.4 Å². The van der Waals surface area contributed by atoms with Crippen LogP contribution in [0.5, 0.6) is 0 Å². The first kappa shape index (κ1) is 11.3. The maximum atomic E-state index is 7.26.